The van der Waals surface area contributed by atoms with Crippen LogP contribution in [0.1, 0.15) is 22.0 Å². The van der Waals surface area contributed by atoms with Crippen LogP contribution in [-0.4, -0.2) is 36.5 Å². The molecule has 0 aliphatic rings. The standard InChI is InChI=1S/C22H20N2O5/c1-29-22(28)15-9-11-16(12-10-15)24-21(27)20(26)23-13-19(25)18-8-4-6-14-5-2-3-7-17(14)18/h2-12,19,25H,13H2,1H3,(H,23,26)(H,24,27)/t19-/m1/s1. The van der Waals surface area contributed by atoms with Crippen LogP contribution in [0.4, 0.5) is 5.69 Å². The average Bonchev–Trinajstić information content (AvgIpc) is 2.76. The minimum absolute atomic E-state index is 0.110. The van der Waals surface area contributed by atoms with Gasteiger partial charge in [-0.05, 0) is 40.6 Å². The summed E-state index contributed by atoms with van der Waals surface area (Å²) in [5, 5.41) is 17.2. The van der Waals surface area contributed by atoms with Gasteiger partial charge in [0.15, 0.2) is 0 Å². The molecule has 2 amide bonds. The lowest BCUT2D eigenvalue weighted by Crippen LogP contribution is -2.37. The first-order chi connectivity index (χ1) is 14.0. The highest BCUT2D eigenvalue weighted by Crippen LogP contribution is 2.23. The zero-order chi connectivity index (χ0) is 20.8. The number of esters is 1. The minimum atomic E-state index is -0.961. The van der Waals surface area contributed by atoms with Crippen LogP contribution in [0.2, 0.25) is 0 Å². The summed E-state index contributed by atoms with van der Waals surface area (Å²) in [5.74, 6) is -2.25. The van der Waals surface area contributed by atoms with E-state index < -0.39 is 23.9 Å². The van der Waals surface area contributed by atoms with Gasteiger partial charge in [-0.15, -0.1) is 0 Å². The number of aliphatic hydroxyl groups is 1. The number of hydrogen-bond donors (Lipinski definition) is 3. The number of nitrogens with one attached hydrogen (secondary N) is 2. The molecule has 7 nitrogen and oxygen atoms in total. The van der Waals surface area contributed by atoms with Crippen molar-refractivity contribution in [3.63, 3.8) is 0 Å². The second-order valence-electron chi connectivity index (χ2n) is 6.32. The van der Waals surface area contributed by atoms with Crippen molar-refractivity contribution in [3.8, 4) is 0 Å². The molecule has 1 atom stereocenters. The monoisotopic (exact) mass is 392 g/mol. The zero-order valence-electron chi connectivity index (χ0n) is 15.7. The van der Waals surface area contributed by atoms with Crippen molar-refractivity contribution >= 4 is 34.2 Å². The molecule has 3 rings (SSSR count). The predicted molar refractivity (Wildman–Crippen MR) is 108 cm³/mol. The third-order valence-electron chi connectivity index (χ3n) is 4.41. The molecule has 0 aliphatic heterocycles. The van der Waals surface area contributed by atoms with Crippen LogP contribution >= 0.6 is 0 Å². The number of aliphatic hydroxyl groups excluding tert-OH is 1. The molecule has 3 aromatic carbocycles. The van der Waals surface area contributed by atoms with Crippen molar-refractivity contribution < 1.29 is 24.2 Å². The van der Waals surface area contributed by atoms with Gasteiger partial charge in [0.1, 0.15) is 0 Å². The van der Waals surface area contributed by atoms with E-state index in [-0.39, 0.29) is 6.54 Å². The fourth-order valence-electron chi connectivity index (χ4n) is 2.92. The maximum absolute atomic E-state index is 12.1. The smallest absolute Gasteiger partial charge is 0.337 e. The third-order valence-corrected chi connectivity index (χ3v) is 4.41. The number of methoxy groups -OCH3 is 1. The van der Waals surface area contributed by atoms with E-state index >= 15 is 0 Å². The minimum Gasteiger partial charge on any atom is -0.465 e. The van der Waals surface area contributed by atoms with E-state index in [1.165, 1.54) is 31.4 Å². The number of anilines is 1. The quantitative estimate of drug-likeness (QED) is 0.457. The predicted octanol–water partition coefficient (Wildman–Crippen LogP) is 2.41. The normalized spacial score (nSPS) is 11.5. The molecule has 0 aliphatic carbocycles. The summed E-state index contributed by atoms with van der Waals surface area (Å²) >= 11 is 0. The summed E-state index contributed by atoms with van der Waals surface area (Å²) in [6.07, 6.45) is -0.961. The highest BCUT2D eigenvalue weighted by molar-refractivity contribution is 6.39. The second-order valence-corrected chi connectivity index (χ2v) is 6.32. The molecule has 7 heteroatoms. The van der Waals surface area contributed by atoms with Crippen molar-refractivity contribution in [2.24, 2.45) is 0 Å². The van der Waals surface area contributed by atoms with Gasteiger partial charge in [-0.2, -0.15) is 0 Å². The Kier molecular flexibility index (Phi) is 6.21. The lowest BCUT2D eigenvalue weighted by Gasteiger charge is -2.14. The summed E-state index contributed by atoms with van der Waals surface area (Å²) in [5.41, 5.74) is 1.35. The SMILES string of the molecule is COC(=O)c1ccc(NC(=O)C(=O)NC[C@@H](O)c2cccc3ccccc23)cc1. The molecular weight excluding hydrogens is 372 g/mol. The molecular formula is C22H20N2O5. The van der Waals surface area contributed by atoms with Gasteiger partial charge >= 0.3 is 17.8 Å². The Morgan fingerprint density at radius 3 is 2.34 bits per heavy atom. The average molecular weight is 392 g/mol. The van der Waals surface area contributed by atoms with Gasteiger partial charge in [0.05, 0.1) is 18.8 Å². The number of fused-ring (bicyclic) bond motifs is 1. The first-order valence-electron chi connectivity index (χ1n) is 8.93. The second kappa shape index (κ2) is 8.99. The Morgan fingerprint density at radius 2 is 1.62 bits per heavy atom. The van der Waals surface area contributed by atoms with Crippen molar-refractivity contribution in [2.45, 2.75) is 6.10 Å². The van der Waals surface area contributed by atoms with Gasteiger partial charge < -0.3 is 20.5 Å². The largest absolute Gasteiger partial charge is 0.465 e. The summed E-state index contributed by atoms with van der Waals surface area (Å²) < 4.78 is 4.60. The molecule has 0 heterocycles. The molecule has 0 spiro atoms. The Morgan fingerprint density at radius 1 is 0.931 bits per heavy atom. The Labute approximate surface area is 167 Å². The molecule has 0 aromatic heterocycles. The molecule has 3 N–H and O–H groups in total. The molecule has 0 unspecified atom stereocenters. The number of rotatable bonds is 5. The van der Waals surface area contributed by atoms with Gasteiger partial charge in [-0.1, -0.05) is 42.5 Å². The topological polar surface area (TPSA) is 105 Å². The number of amides is 2. The van der Waals surface area contributed by atoms with Crippen LogP contribution in [0.15, 0.2) is 66.7 Å². The molecule has 0 fully saturated rings. The Balaban J connectivity index is 1.58. The van der Waals surface area contributed by atoms with E-state index in [4.69, 9.17) is 0 Å². The Bertz CT molecular complexity index is 1040. The number of benzene rings is 3. The van der Waals surface area contributed by atoms with Crippen LogP contribution in [0.3, 0.4) is 0 Å². The first kappa shape index (κ1) is 20.0. The van der Waals surface area contributed by atoms with Gasteiger partial charge in [0.2, 0.25) is 0 Å². The first-order valence-corrected chi connectivity index (χ1v) is 8.93. The number of carbonyl (C=O) groups is 3. The highest BCUT2D eigenvalue weighted by Gasteiger charge is 2.17. The third kappa shape index (κ3) is 4.77. The number of ether oxygens (including phenoxy) is 1. The van der Waals surface area contributed by atoms with Crippen LogP contribution in [0.5, 0.6) is 0 Å². The van der Waals surface area contributed by atoms with Crippen molar-refractivity contribution in [1.82, 2.24) is 5.32 Å². The summed E-state index contributed by atoms with van der Waals surface area (Å²) in [7, 11) is 1.27. The van der Waals surface area contributed by atoms with Crippen molar-refractivity contribution in [3.05, 3.63) is 77.9 Å². The molecule has 29 heavy (non-hydrogen) atoms. The van der Waals surface area contributed by atoms with Gasteiger partial charge in [-0.3, -0.25) is 9.59 Å². The van der Waals surface area contributed by atoms with Gasteiger partial charge in [0.25, 0.3) is 0 Å². The van der Waals surface area contributed by atoms with E-state index in [1.54, 1.807) is 6.07 Å². The summed E-state index contributed by atoms with van der Waals surface area (Å²) in [6, 6.07) is 19.1. The van der Waals surface area contributed by atoms with E-state index in [1.807, 2.05) is 36.4 Å². The van der Waals surface area contributed by atoms with Gasteiger partial charge in [0, 0.05) is 12.2 Å². The molecule has 148 valence electrons. The van der Waals surface area contributed by atoms with Crippen LogP contribution in [0, 0.1) is 0 Å². The lowest BCUT2D eigenvalue weighted by molar-refractivity contribution is -0.136. The van der Waals surface area contributed by atoms with Crippen LogP contribution < -0.4 is 10.6 Å². The van der Waals surface area contributed by atoms with Crippen LogP contribution in [-0.2, 0) is 14.3 Å². The van der Waals surface area contributed by atoms with E-state index in [9.17, 15) is 19.5 Å². The number of hydrogen-bond acceptors (Lipinski definition) is 5. The molecule has 0 saturated heterocycles. The molecule has 3 aromatic rings. The summed E-state index contributed by atoms with van der Waals surface area (Å²) in [4.78, 5) is 35.5. The fraction of sp³-hybridized carbons (Fsp3) is 0.136. The molecule has 0 radical (unpaired) electrons. The fourth-order valence-corrected chi connectivity index (χ4v) is 2.92. The van der Waals surface area contributed by atoms with Gasteiger partial charge in [-0.25, -0.2) is 4.79 Å². The van der Waals surface area contributed by atoms with Crippen molar-refractivity contribution in [1.29, 1.82) is 0 Å². The zero-order valence-corrected chi connectivity index (χ0v) is 15.7. The van der Waals surface area contributed by atoms with E-state index in [2.05, 4.69) is 15.4 Å². The summed E-state index contributed by atoms with van der Waals surface area (Å²) in [6.45, 7) is -0.110. The Hall–Kier alpha value is -3.71. The van der Waals surface area contributed by atoms with E-state index in [0.29, 0.717) is 16.8 Å². The number of carbonyl (C=O) groups excluding carboxylic acids is 3. The van der Waals surface area contributed by atoms with Crippen LogP contribution in [0.25, 0.3) is 10.8 Å². The lowest BCUT2D eigenvalue weighted by atomic mass is 10.0. The van der Waals surface area contributed by atoms with Crippen molar-refractivity contribution in [2.75, 3.05) is 19.0 Å². The maximum Gasteiger partial charge on any atom is 0.337 e. The highest BCUT2D eigenvalue weighted by atomic mass is 16.5. The van der Waals surface area contributed by atoms with E-state index in [0.717, 1.165) is 10.8 Å². The maximum atomic E-state index is 12.1. The molecule has 0 saturated carbocycles. The molecule has 0 bridgehead atoms.